The van der Waals surface area contributed by atoms with Crippen LogP contribution in [0.2, 0.25) is 0 Å². The molecule has 1 amide bonds. The van der Waals surface area contributed by atoms with Gasteiger partial charge in [-0.3, -0.25) is 0 Å². The van der Waals surface area contributed by atoms with Crippen LogP contribution in [0.5, 0.6) is 0 Å². The first-order valence-corrected chi connectivity index (χ1v) is 9.16. The zero-order valence-corrected chi connectivity index (χ0v) is 13.8. The Morgan fingerprint density at radius 3 is 2.33 bits per heavy atom. The summed E-state index contributed by atoms with van der Waals surface area (Å²) in [4.78, 5) is 14.5. The van der Waals surface area contributed by atoms with E-state index in [4.69, 9.17) is 4.74 Å². The highest BCUT2D eigenvalue weighted by atomic mass is 16.6. The van der Waals surface area contributed by atoms with Gasteiger partial charge in [0.05, 0.1) is 0 Å². The average molecular weight is 293 g/mol. The van der Waals surface area contributed by atoms with Gasteiger partial charge in [0.2, 0.25) is 0 Å². The molecule has 2 aliphatic carbocycles. The number of hydrogen-bond donors (Lipinski definition) is 0. The molecule has 0 aromatic carbocycles. The van der Waals surface area contributed by atoms with E-state index in [1.807, 2.05) is 4.90 Å². The maximum Gasteiger partial charge on any atom is 0.410 e. The molecular weight excluding hydrogens is 262 g/mol. The van der Waals surface area contributed by atoms with Gasteiger partial charge in [0, 0.05) is 19.0 Å². The van der Waals surface area contributed by atoms with Crippen LogP contribution in [0.1, 0.15) is 71.6 Å². The smallest absolute Gasteiger partial charge is 0.410 e. The molecule has 1 saturated heterocycles. The van der Waals surface area contributed by atoms with Crippen LogP contribution in [0.3, 0.4) is 0 Å². The van der Waals surface area contributed by atoms with Crippen molar-refractivity contribution in [2.75, 3.05) is 13.1 Å². The summed E-state index contributed by atoms with van der Waals surface area (Å²) in [5.41, 5.74) is -0.200. The van der Waals surface area contributed by atoms with Crippen molar-refractivity contribution in [1.29, 1.82) is 0 Å². The van der Waals surface area contributed by atoms with Crippen molar-refractivity contribution < 1.29 is 9.53 Å². The lowest BCUT2D eigenvalue weighted by molar-refractivity contribution is -0.0721. The number of hydrogen-bond acceptors (Lipinski definition) is 2. The Labute approximate surface area is 129 Å². The van der Waals surface area contributed by atoms with Crippen molar-refractivity contribution >= 4 is 6.09 Å². The first-order valence-electron chi connectivity index (χ1n) is 9.16. The standard InChI is InChI=1S/C18H31NO2/c1-3-18(4-2,16-13-14-8-9-15(16)12-14)21-17(20)19-10-6-5-7-11-19/h14-16H,3-13H2,1-2H3. The predicted molar refractivity (Wildman–Crippen MR) is 84.2 cm³/mol. The normalized spacial score (nSPS) is 32.5. The van der Waals surface area contributed by atoms with Crippen molar-refractivity contribution in [3.63, 3.8) is 0 Å². The van der Waals surface area contributed by atoms with Gasteiger partial charge in [-0.05, 0) is 63.2 Å². The van der Waals surface area contributed by atoms with Crippen LogP contribution in [-0.4, -0.2) is 29.7 Å². The molecule has 3 nitrogen and oxygen atoms in total. The summed E-state index contributed by atoms with van der Waals surface area (Å²) in [5.74, 6) is 2.33. The van der Waals surface area contributed by atoms with Crippen molar-refractivity contribution in [3.05, 3.63) is 0 Å². The molecule has 21 heavy (non-hydrogen) atoms. The van der Waals surface area contributed by atoms with E-state index in [2.05, 4.69) is 13.8 Å². The van der Waals surface area contributed by atoms with Crippen LogP contribution in [0, 0.1) is 17.8 Å². The number of carbonyl (C=O) groups excluding carboxylic acids is 1. The molecule has 0 aromatic rings. The number of carbonyl (C=O) groups is 1. The molecule has 3 aliphatic rings. The molecule has 3 fully saturated rings. The van der Waals surface area contributed by atoms with Crippen LogP contribution in [0.15, 0.2) is 0 Å². The van der Waals surface area contributed by atoms with E-state index in [0.29, 0.717) is 5.92 Å². The van der Waals surface area contributed by atoms with E-state index in [1.54, 1.807) is 0 Å². The highest BCUT2D eigenvalue weighted by molar-refractivity contribution is 5.68. The van der Waals surface area contributed by atoms with Crippen molar-refractivity contribution in [3.8, 4) is 0 Å². The van der Waals surface area contributed by atoms with E-state index in [9.17, 15) is 4.79 Å². The quantitative estimate of drug-likeness (QED) is 0.758. The fourth-order valence-corrected chi connectivity index (χ4v) is 5.20. The summed E-state index contributed by atoms with van der Waals surface area (Å²) in [7, 11) is 0. The summed E-state index contributed by atoms with van der Waals surface area (Å²) in [6.07, 6.45) is 10.9. The van der Waals surface area contributed by atoms with Crippen LogP contribution < -0.4 is 0 Å². The van der Waals surface area contributed by atoms with Gasteiger partial charge in [0.1, 0.15) is 5.60 Å². The zero-order valence-electron chi connectivity index (χ0n) is 13.8. The van der Waals surface area contributed by atoms with Gasteiger partial charge in [-0.1, -0.05) is 20.3 Å². The van der Waals surface area contributed by atoms with Crippen molar-refractivity contribution in [2.24, 2.45) is 17.8 Å². The molecule has 3 rings (SSSR count). The van der Waals surface area contributed by atoms with E-state index < -0.39 is 0 Å². The summed E-state index contributed by atoms with van der Waals surface area (Å²) >= 11 is 0. The molecular formula is C18H31NO2. The lowest BCUT2D eigenvalue weighted by Gasteiger charge is -2.42. The molecule has 2 bridgehead atoms. The summed E-state index contributed by atoms with van der Waals surface area (Å²) in [6.45, 7) is 6.19. The third-order valence-electron chi connectivity index (χ3n) is 6.52. The Kier molecular flexibility index (Phi) is 4.46. The molecule has 3 atom stereocenters. The van der Waals surface area contributed by atoms with Crippen molar-refractivity contribution in [1.82, 2.24) is 4.90 Å². The highest BCUT2D eigenvalue weighted by Gasteiger charge is 2.51. The number of amides is 1. The molecule has 120 valence electrons. The van der Waals surface area contributed by atoms with Crippen LogP contribution in [0.4, 0.5) is 4.79 Å². The van der Waals surface area contributed by atoms with Gasteiger partial charge in [0.25, 0.3) is 0 Å². The first kappa shape index (κ1) is 15.2. The van der Waals surface area contributed by atoms with Gasteiger partial charge in [-0.25, -0.2) is 4.79 Å². The topological polar surface area (TPSA) is 29.5 Å². The second-order valence-corrected chi connectivity index (χ2v) is 7.47. The fourth-order valence-electron chi connectivity index (χ4n) is 5.20. The van der Waals surface area contributed by atoms with Crippen LogP contribution in [0.25, 0.3) is 0 Å². The fraction of sp³-hybridized carbons (Fsp3) is 0.944. The number of ether oxygens (including phenoxy) is 1. The average Bonchev–Trinajstić information content (AvgIpc) is 3.16. The minimum absolute atomic E-state index is 0.0406. The number of piperidine rings is 1. The molecule has 0 N–H and O–H groups in total. The third-order valence-corrected chi connectivity index (χ3v) is 6.52. The summed E-state index contributed by atoms with van der Waals surface area (Å²) in [6, 6.07) is 0. The van der Waals surface area contributed by atoms with Gasteiger partial charge in [-0.15, -0.1) is 0 Å². The number of rotatable bonds is 4. The summed E-state index contributed by atoms with van der Waals surface area (Å²) < 4.78 is 6.20. The molecule has 1 heterocycles. The van der Waals surface area contributed by atoms with E-state index in [-0.39, 0.29) is 11.7 Å². The van der Waals surface area contributed by atoms with Gasteiger partial charge >= 0.3 is 6.09 Å². The van der Waals surface area contributed by atoms with Crippen LogP contribution >= 0.6 is 0 Å². The molecule has 3 heteroatoms. The van der Waals surface area contributed by atoms with Gasteiger partial charge in [0.15, 0.2) is 0 Å². The minimum Gasteiger partial charge on any atom is -0.443 e. The Balaban J connectivity index is 1.69. The Morgan fingerprint density at radius 2 is 1.81 bits per heavy atom. The first-order chi connectivity index (χ1) is 10.2. The zero-order chi connectivity index (χ0) is 14.9. The maximum atomic E-state index is 12.6. The molecule has 2 saturated carbocycles. The number of likely N-dealkylation sites (tertiary alicyclic amines) is 1. The second kappa shape index (κ2) is 6.18. The summed E-state index contributed by atoms with van der Waals surface area (Å²) in [5, 5.41) is 0. The van der Waals surface area contributed by atoms with Crippen molar-refractivity contribution in [2.45, 2.75) is 77.2 Å². The SMILES string of the molecule is CCC(CC)(OC(=O)N1CCCCC1)C1CC2CCC1C2. The predicted octanol–water partition coefficient (Wildman–Crippen LogP) is 4.60. The molecule has 1 aliphatic heterocycles. The number of fused-ring (bicyclic) bond motifs is 2. The molecule has 3 unspecified atom stereocenters. The largest absolute Gasteiger partial charge is 0.443 e. The van der Waals surface area contributed by atoms with E-state index >= 15 is 0 Å². The Hall–Kier alpha value is -0.730. The molecule has 0 aromatic heterocycles. The monoisotopic (exact) mass is 293 g/mol. The van der Waals surface area contributed by atoms with Gasteiger partial charge in [-0.2, -0.15) is 0 Å². The Bertz CT molecular complexity index is 371. The Morgan fingerprint density at radius 1 is 1.10 bits per heavy atom. The molecule has 0 spiro atoms. The maximum absolute atomic E-state index is 12.6. The van der Waals surface area contributed by atoms with E-state index in [1.165, 1.54) is 32.1 Å². The van der Waals surface area contributed by atoms with Gasteiger partial charge < -0.3 is 9.64 Å². The second-order valence-electron chi connectivity index (χ2n) is 7.47. The molecule has 0 radical (unpaired) electrons. The highest BCUT2D eigenvalue weighted by Crippen LogP contribution is 2.54. The number of nitrogens with zero attached hydrogens (tertiary/aromatic N) is 1. The lowest BCUT2D eigenvalue weighted by Crippen LogP contribution is -2.48. The van der Waals surface area contributed by atoms with Crippen LogP contribution in [-0.2, 0) is 4.74 Å². The van der Waals surface area contributed by atoms with E-state index in [0.717, 1.165) is 50.6 Å². The minimum atomic E-state index is -0.200. The third kappa shape index (κ3) is 2.80. The lowest BCUT2D eigenvalue weighted by atomic mass is 9.73.